The van der Waals surface area contributed by atoms with Crippen molar-refractivity contribution in [3.05, 3.63) is 77.6 Å². The highest BCUT2D eigenvalue weighted by atomic mass is 19.1. The molecule has 0 radical (unpaired) electrons. The second kappa shape index (κ2) is 7.77. The molecule has 0 bridgehead atoms. The van der Waals surface area contributed by atoms with Crippen LogP contribution in [0.15, 0.2) is 60.7 Å². The van der Waals surface area contributed by atoms with E-state index in [1.807, 2.05) is 49.4 Å². The number of hydrogen-bond donors (Lipinski definition) is 0. The first-order chi connectivity index (χ1) is 13.9. The van der Waals surface area contributed by atoms with Gasteiger partial charge in [-0.3, -0.25) is 0 Å². The summed E-state index contributed by atoms with van der Waals surface area (Å²) in [4.78, 5) is 0. The minimum atomic E-state index is -0.541. The molecule has 1 saturated heterocycles. The molecule has 3 aromatic rings. The van der Waals surface area contributed by atoms with Crippen LogP contribution in [0, 0.1) is 5.82 Å². The molecule has 0 saturated carbocycles. The molecule has 1 heterocycles. The van der Waals surface area contributed by atoms with Gasteiger partial charge in [-0.15, -0.1) is 0 Å². The summed E-state index contributed by atoms with van der Waals surface area (Å²) in [5.41, 5.74) is 1.54. The topological polar surface area (TPSA) is 27.7 Å². The van der Waals surface area contributed by atoms with Crippen LogP contribution in [0.25, 0.3) is 10.8 Å². The van der Waals surface area contributed by atoms with Gasteiger partial charge in [0.05, 0.1) is 6.61 Å². The van der Waals surface area contributed by atoms with Crippen LogP contribution in [0.4, 0.5) is 4.39 Å². The van der Waals surface area contributed by atoms with Gasteiger partial charge in [0.1, 0.15) is 23.8 Å². The third-order valence-corrected chi connectivity index (χ3v) is 5.52. The second-order valence-electron chi connectivity index (χ2n) is 8.15. The van der Waals surface area contributed by atoms with Crippen LogP contribution in [0.5, 0.6) is 5.75 Å². The van der Waals surface area contributed by atoms with Crippen molar-refractivity contribution >= 4 is 10.8 Å². The molecule has 1 aliphatic heterocycles. The molecule has 1 fully saturated rings. The van der Waals surface area contributed by atoms with Crippen molar-refractivity contribution in [1.29, 1.82) is 0 Å². The van der Waals surface area contributed by atoms with Crippen LogP contribution in [-0.4, -0.2) is 12.4 Å². The van der Waals surface area contributed by atoms with Crippen molar-refractivity contribution in [2.24, 2.45) is 0 Å². The van der Waals surface area contributed by atoms with Crippen LogP contribution in [0.2, 0.25) is 0 Å². The molecular weight excluding hydrogens is 367 g/mol. The van der Waals surface area contributed by atoms with E-state index in [0.29, 0.717) is 13.2 Å². The van der Waals surface area contributed by atoms with E-state index in [1.165, 1.54) is 6.07 Å². The molecule has 3 nitrogen and oxygen atoms in total. The second-order valence-corrected chi connectivity index (χ2v) is 8.15. The van der Waals surface area contributed by atoms with E-state index in [1.54, 1.807) is 12.1 Å². The van der Waals surface area contributed by atoms with Crippen LogP contribution in [-0.2, 0) is 21.7 Å². The first-order valence-electron chi connectivity index (χ1n) is 10.1. The van der Waals surface area contributed by atoms with Crippen LogP contribution < -0.4 is 4.74 Å². The largest absolute Gasteiger partial charge is 0.489 e. The Morgan fingerprint density at radius 3 is 2.66 bits per heavy atom. The van der Waals surface area contributed by atoms with Crippen molar-refractivity contribution in [3.8, 4) is 5.75 Å². The summed E-state index contributed by atoms with van der Waals surface area (Å²) in [5, 5.41) is 1.89. The molecular formula is C25H27FO3. The van der Waals surface area contributed by atoms with Crippen LogP contribution >= 0.6 is 0 Å². The Labute approximate surface area is 171 Å². The number of rotatable bonds is 6. The first kappa shape index (κ1) is 19.9. The lowest BCUT2D eigenvalue weighted by Gasteiger charge is -2.28. The van der Waals surface area contributed by atoms with E-state index in [4.69, 9.17) is 14.2 Å². The van der Waals surface area contributed by atoms with Gasteiger partial charge in [-0.25, -0.2) is 4.39 Å². The summed E-state index contributed by atoms with van der Waals surface area (Å²) >= 11 is 0. The maximum Gasteiger partial charge on any atom is 0.166 e. The van der Waals surface area contributed by atoms with Gasteiger partial charge in [0, 0.05) is 6.42 Å². The zero-order valence-corrected chi connectivity index (χ0v) is 17.2. The monoisotopic (exact) mass is 394 g/mol. The van der Waals surface area contributed by atoms with Crippen molar-refractivity contribution < 1.29 is 18.6 Å². The smallest absolute Gasteiger partial charge is 0.166 e. The quantitative estimate of drug-likeness (QED) is 0.488. The Hall–Kier alpha value is -2.43. The summed E-state index contributed by atoms with van der Waals surface area (Å²) in [7, 11) is 0. The van der Waals surface area contributed by atoms with E-state index < -0.39 is 11.4 Å². The van der Waals surface area contributed by atoms with Crippen molar-refractivity contribution in [1.82, 2.24) is 0 Å². The normalized spacial score (nSPS) is 24.1. The predicted octanol–water partition coefficient (Wildman–Crippen LogP) is 6.34. The molecule has 0 spiro atoms. The number of ether oxygens (including phenoxy) is 3. The summed E-state index contributed by atoms with van der Waals surface area (Å²) in [5.74, 6) is 0.00177. The number of hydrogen-bond acceptors (Lipinski definition) is 3. The number of fused-ring (bicyclic) bond motifs is 1. The van der Waals surface area contributed by atoms with Crippen molar-refractivity contribution in [3.63, 3.8) is 0 Å². The average Bonchev–Trinajstić information content (AvgIpc) is 3.02. The Balaban J connectivity index is 1.48. The molecule has 3 aromatic carbocycles. The minimum absolute atomic E-state index is 0.231. The third-order valence-electron chi connectivity index (χ3n) is 5.52. The van der Waals surface area contributed by atoms with Gasteiger partial charge in [-0.2, -0.15) is 0 Å². The van der Waals surface area contributed by atoms with Crippen LogP contribution in [0.1, 0.15) is 44.7 Å². The molecule has 1 aliphatic rings. The van der Waals surface area contributed by atoms with E-state index in [0.717, 1.165) is 40.5 Å². The first-order valence-corrected chi connectivity index (χ1v) is 10.1. The lowest BCUT2D eigenvalue weighted by atomic mass is 9.96. The van der Waals surface area contributed by atoms with Gasteiger partial charge in [-0.1, -0.05) is 43.7 Å². The van der Waals surface area contributed by atoms with Gasteiger partial charge in [0.2, 0.25) is 0 Å². The fraction of sp³-hybridized carbons (Fsp3) is 0.360. The summed E-state index contributed by atoms with van der Waals surface area (Å²) in [6.45, 7) is 7.12. The fourth-order valence-corrected chi connectivity index (χ4v) is 3.98. The highest BCUT2D eigenvalue weighted by molar-refractivity contribution is 5.83. The van der Waals surface area contributed by atoms with Crippen molar-refractivity contribution in [2.75, 3.05) is 6.61 Å². The maximum absolute atomic E-state index is 13.5. The van der Waals surface area contributed by atoms with Crippen LogP contribution in [0.3, 0.4) is 0 Å². The molecule has 2 unspecified atom stereocenters. The minimum Gasteiger partial charge on any atom is -0.489 e. The molecule has 0 aromatic heterocycles. The SMILES string of the molecule is CCCC1(C)OCC(C)(c2cccc(OCc3ccc4ccc(F)cc4c3)c2)O1. The molecule has 0 N–H and O–H groups in total. The summed E-state index contributed by atoms with van der Waals surface area (Å²) in [6, 6.07) is 18.8. The van der Waals surface area contributed by atoms with E-state index in [2.05, 4.69) is 13.8 Å². The molecule has 0 aliphatic carbocycles. The van der Waals surface area contributed by atoms with Crippen molar-refractivity contribution in [2.45, 2.75) is 51.6 Å². The van der Waals surface area contributed by atoms with Gasteiger partial charge in [-0.05, 0) is 66.1 Å². The fourth-order valence-electron chi connectivity index (χ4n) is 3.98. The lowest BCUT2D eigenvalue weighted by Crippen LogP contribution is -2.30. The third kappa shape index (κ3) is 4.29. The molecule has 4 heteroatoms. The van der Waals surface area contributed by atoms with Gasteiger partial charge in [0.15, 0.2) is 5.79 Å². The number of benzene rings is 3. The molecule has 4 rings (SSSR count). The number of halogens is 1. The van der Waals surface area contributed by atoms with E-state index in [-0.39, 0.29) is 5.82 Å². The Kier molecular flexibility index (Phi) is 5.32. The van der Waals surface area contributed by atoms with Gasteiger partial charge in [0.25, 0.3) is 0 Å². The molecule has 0 amide bonds. The average molecular weight is 394 g/mol. The van der Waals surface area contributed by atoms with Gasteiger partial charge >= 0.3 is 0 Å². The molecule has 152 valence electrons. The predicted molar refractivity (Wildman–Crippen MR) is 112 cm³/mol. The Morgan fingerprint density at radius 1 is 1.00 bits per heavy atom. The Bertz CT molecular complexity index is 1020. The summed E-state index contributed by atoms with van der Waals surface area (Å²) < 4.78 is 31.8. The van der Waals surface area contributed by atoms with E-state index >= 15 is 0 Å². The lowest BCUT2D eigenvalue weighted by molar-refractivity contribution is -0.177. The highest BCUT2D eigenvalue weighted by Gasteiger charge is 2.45. The standard InChI is InChI=1S/C25H27FO3/c1-4-12-25(3)28-17-24(2,29-25)21-6-5-7-23(15-21)27-16-18-8-9-19-10-11-22(26)14-20(19)13-18/h5-11,13-15H,4,12,16-17H2,1-3H3. The molecule has 2 atom stereocenters. The highest BCUT2D eigenvalue weighted by Crippen LogP contribution is 2.41. The Morgan fingerprint density at radius 2 is 1.83 bits per heavy atom. The summed E-state index contributed by atoms with van der Waals surface area (Å²) in [6.07, 6.45) is 1.87. The van der Waals surface area contributed by atoms with Gasteiger partial charge < -0.3 is 14.2 Å². The zero-order valence-electron chi connectivity index (χ0n) is 17.2. The zero-order chi connectivity index (χ0) is 20.5. The molecule has 29 heavy (non-hydrogen) atoms. The maximum atomic E-state index is 13.5. The van der Waals surface area contributed by atoms with E-state index in [9.17, 15) is 4.39 Å².